The van der Waals surface area contributed by atoms with Crippen LogP contribution in [0.5, 0.6) is 5.75 Å². The fourth-order valence-corrected chi connectivity index (χ4v) is 2.95. The second-order valence-corrected chi connectivity index (χ2v) is 6.92. The molecule has 170 valence electrons. The number of nitro groups is 1. The van der Waals surface area contributed by atoms with Crippen LogP contribution >= 0.6 is 0 Å². The molecular weight excluding hydrogens is 431 g/mol. The van der Waals surface area contributed by atoms with Gasteiger partial charge in [0.15, 0.2) is 0 Å². The molecule has 0 aromatic heterocycles. The Morgan fingerprint density at radius 2 is 1.73 bits per heavy atom. The molecule has 0 fully saturated rings. The van der Waals surface area contributed by atoms with Crippen LogP contribution in [0.25, 0.3) is 0 Å². The summed E-state index contributed by atoms with van der Waals surface area (Å²) in [5.74, 6) is -1.21. The first kappa shape index (κ1) is 23.4. The van der Waals surface area contributed by atoms with Gasteiger partial charge in [-0.15, -0.1) is 0 Å². The minimum Gasteiger partial charge on any atom is -0.497 e. The lowest BCUT2D eigenvalue weighted by Crippen LogP contribution is -2.28. The number of nitro benzene ring substituents is 1. The maximum Gasteiger partial charge on any atom is 0.270 e. The second-order valence-electron chi connectivity index (χ2n) is 6.92. The summed E-state index contributed by atoms with van der Waals surface area (Å²) in [6, 6.07) is 16.3. The highest BCUT2D eigenvalue weighted by atomic mass is 19.1. The Balaban J connectivity index is 1.69. The first-order valence-corrected chi connectivity index (χ1v) is 9.85. The number of carbonyl (C=O) groups excluding carboxylic acids is 2. The van der Waals surface area contributed by atoms with E-state index in [1.165, 1.54) is 36.4 Å². The maximum atomic E-state index is 13.9. The lowest BCUT2D eigenvalue weighted by molar-refractivity contribution is -0.384. The van der Waals surface area contributed by atoms with Gasteiger partial charge in [-0.25, -0.2) is 4.39 Å². The van der Waals surface area contributed by atoms with Crippen molar-refractivity contribution in [1.82, 2.24) is 5.32 Å². The maximum absolute atomic E-state index is 13.9. The summed E-state index contributed by atoms with van der Waals surface area (Å²) in [5.41, 5.74) is 0.391. The normalized spacial score (nSPS) is 10.4. The zero-order valence-electron chi connectivity index (χ0n) is 17.6. The van der Waals surface area contributed by atoms with Gasteiger partial charge in [0.2, 0.25) is 5.91 Å². The van der Waals surface area contributed by atoms with E-state index in [0.717, 1.165) is 17.4 Å². The molecule has 0 spiro atoms. The van der Waals surface area contributed by atoms with E-state index >= 15 is 0 Å². The smallest absolute Gasteiger partial charge is 0.270 e. The predicted octanol–water partition coefficient (Wildman–Crippen LogP) is 3.72. The van der Waals surface area contributed by atoms with Gasteiger partial charge >= 0.3 is 0 Å². The molecule has 10 heteroatoms. The Morgan fingerprint density at radius 3 is 2.39 bits per heavy atom. The molecule has 0 aliphatic carbocycles. The van der Waals surface area contributed by atoms with Crippen molar-refractivity contribution in [2.24, 2.45) is 0 Å². The highest BCUT2D eigenvalue weighted by Gasteiger charge is 2.19. The molecule has 0 saturated carbocycles. The molecular formula is C23H21FN4O5. The van der Waals surface area contributed by atoms with E-state index in [1.54, 1.807) is 19.2 Å². The van der Waals surface area contributed by atoms with E-state index in [1.807, 2.05) is 12.1 Å². The molecule has 0 atom stereocenters. The van der Waals surface area contributed by atoms with Gasteiger partial charge in [0, 0.05) is 18.7 Å². The third-order valence-electron chi connectivity index (χ3n) is 4.63. The van der Waals surface area contributed by atoms with Gasteiger partial charge in [-0.1, -0.05) is 24.3 Å². The minimum absolute atomic E-state index is 0.0608. The van der Waals surface area contributed by atoms with Crippen LogP contribution in [0.2, 0.25) is 0 Å². The fourth-order valence-electron chi connectivity index (χ4n) is 2.95. The average Bonchev–Trinajstić information content (AvgIpc) is 2.81. The number of carbonyl (C=O) groups is 2. The number of amides is 2. The van der Waals surface area contributed by atoms with Crippen LogP contribution in [0.15, 0.2) is 66.7 Å². The molecule has 3 rings (SSSR count). The van der Waals surface area contributed by atoms with Crippen molar-refractivity contribution >= 4 is 28.9 Å². The standard InChI is InChI=1S/C23H21FN4O5/c1-33-17-9-6-15(7-10-17)13-25-14-22(29)26-20-11-8-16(28(31)32)12-18(20)23(30)27-21-5-3-2-4-19(21)24/h2-12,25H,13-14H2,1H3,(H,26,29)(H,27,30). The van der Waals surface area contributed by atoms with Crippen molar-refractivity contribution in [2.75, 3.05) is 24.3 Å². The summed E-state index contributed by atoms with van der Waals surface area (Å²) in [7, 11) is 1.57. The number of anilines is 2. The van der Waals surface area contributed by atoms with Crippen LogP contribution in [0.4, 0.5) is 21.5 Å². The third-order valence-corrected chi connectivity index (χ3v) is 4.63. The largest absolute Gasteiger partial charge is 0.497 e. The molecule has 0 aliphatic heterocycles. The Hall–Kier alpha value is -4.31. The van der Waals surface area contributed by atoms with E-state index in [0.29, 0.717) is 6.54 Å². The zero-order valence-corrected chi connectivity index (χ0v) is 17.6. The molecule has 0 aliphatic rings. The molecule has 0 bridgehead atoms. The van der Waals surface area contributed by atoms with Crippen molar-refractivity contribution in [1.29, 1.82) is 0 Å². The Morgan fingerprint density at radius 1 is 1.00 bits per heavy atom. The Bertz CT molecular complexity index is 1170. The molecule has 3 aromatic carbocycles. The van der Waals surface area contributed by atoms with Crippen LogP contribution < -0.4 is 20.7 Å². The van der Waals surface area contributed by atoms with E-state index in [4.69, 9.17) is 4.74 Å². The van der Waals surface area contributed by atoms with Crippen LogP contribution in [-0.4, -0.2) is 30.4 Å². The van der Waals surface area contributed by atoms with Gasteiger partial charge in [-0.2, -0.15) is 0 Å². The number of rotatable bonds is 9. The quantitative estimate of drug-likeness (QED) is 0.336. The number of nitrogens with one attached hydrogen (secondary N) is 3. The molecule has 0 radical (unpaired) electrons. The summed E-state index contributed by atoms with van der Waals surface area (Å²) in [5, 5.41) is 19.1. The van der Waals surface area contributed by atoms with Crippen LogP contribution in [0.3, 0.4) is 0 Å². The zero-order chi connectivity index (χ0) is 23.8. The summed E-state index contributed by atoms with van der Waals surface area (Å²) in [6.45, 7) is 0.343. The molecule has 0 unspecified atom stereocenters. The summed E-state index contributed by atoms with van der Waals surface area (Å²) < 4.78 is 19.0. The number of nitrogens with zero attached hydrogens (tertiary/aromatic N) is 1. The van der Waals surface area contributed by atoms with Crippen molar-refractivity contribution < 1.29 is 23.6 Å². The first-order valence-electron chi connectivity index (χ1n) is 9.85. The molecule has 0 saturated heterocycles. The highest BCUT2D eigenvalue weighted by Crippen LogP contribution is 2.24. The Labute approximate surface area is 188 Å². The molecule has 3 aromatic rings. The van der Waals surface area contributed by atoms with Gasteiger partial charge in [0.25, 0.3) is 11.6 Å². The van der Waals surface area contributed by atoms with Crippen molar-refractivity contribution in [2.45, 2.75) is 6.54 Å². The predicted molar refractivity (Wildman–Crippen MR) is 121 cm³/mol. The number of hydrogen-bond donors (Lipinski definition) is 3. The molecule has 0 heterocycles. The lowest BCUT2D eigenvalue weighted by Gasteiger charge is -2.12. The van der Waals surface area contributed by atoms with E-state index in [9.17, 15) is 24.1 Å². The van der Waals surface area contributed by atoms with Gasteiger partial charge in [-0.05, 0) is 35.9 Å². The number of methoxy groups -OCH3 is 1. The third kappa shape index (κ3) is 6.34. The van der Waals surface area contributed by atoms with Crippen molar-refractivity contribution in [3.05, 3.63) is 93.8 Å². The number of benzene rings is 3. The number of non-ortho nitro benzene ring substituents is 1. The molecule has 3 N–H and O–H groups in total. The fraction of sp³-hybridized carbons (Fsp3) is 0.130. The number of para-hydroxylation sites is 1. The first-order chi connectivity index (χ1) is 15.9. The summed E-state index contributed by atoms with van der Waals surface area (Å²) in [6.07, 6.45) is 0. The number of halogens is 1. The SMILES string of the molecule is COc1ccc(CNCC(=O)Nc2ccc([N+](=O)[O-])cc2C(=O)Nc2ccccc2F)cc1. The lowest BCUT2D eigenvalue weighted by atomic mass is 10.1. The van der Waals surface area contributed by atoms with Crippen LogP contribution in [0.1, 0.15) is 15.9 Å². The number of hydrogen-bond acceptors (Lipinski definition) is 6. The average molecular weight is 452 g/mol. The molecule has 33 heavy (non-hydrogen) atoms. The van der Waals surface area contributed by atoms with Gasteiger partial charge in [0.1, 0.15) is 11.6 Å². The van der Waals surface area contributed by atoms with E-state index in [-0.39, 0.29) is 29.2 Å². The van der Waals surface area contributed by atoms with Crippen molar-refractivity contribution in [3.8, 4) is 5.75 Å². The van der Waals surface area contributed by atoms with Crippen LogP contribution in [0, 0.1) is 15.9 Å². The summed E-state index contributed by atoms with van der Waals surface area (Å²) in [4.78, 5) is 35.6. The van der Waals surface area contributed by atoms with Gasteiger partial charge in [0.05, 0.1) is 35.5 Å². The Kier molecular flexibility index (Phi) is 7.66. The van der Waals surface area contributed by atoms with E-state index in [2.05, 4.69) is 16.0 Å². The monoisotopic (exact) mass is 452 g/mol. The molecule has 9 nitrogen and oxygen atoms in total. The van der Waals surface area contributed by atoms with Crippen LogP contribution in [-0.2, 0) is 11.3 Å². The van der Waals surface area contributed by atoms with E-state index < -0.39 is 22.6 Å². The minimum atomic E-state index is -0.801. The van der Waals surface area contributed by atoms with Crippen molar-refractivity contribution in [3.63, 3.8) is 0 Å². The molecule has 2 amide bonds. The highest BCUT2D eigenvalue weighted by molar-refractivity contribution is 6.10. The van der Waals surface area contributed by atoms with Gasteiger partial charge < -0.3 is 20.7 Å². The topological polar surface area (TPSA) is 123 Å². The number of ether oxygens (including phenoxy) is 1. The second kappa shape index (κ2) is 10.8. The summed E-state index contributed by atoms with van der Waals surface area (Å²) >= 11 is 0. The van der Waals surface area contributed by atoms with Gasteiger partial charge in [-0.3, -0.25) is 19.7 Å².